The lowest BCUT2D eigenvalue weighted by Crippen LogP contribution is -2.07. The van der Waals surface area contributed by atoms with Gasteiger partial charge >= 0.3 is 0 Å². The van der Waals surface area contributed by atoms with Crippen LogP contribution >= 0.6 is 0 Å². The van der Waals surface area contributed by atoms with E-state index in [0.717, 1.165) is 0 Å². The quantitative estimate of drug-likeness (QED) is 0.267. The first-order chi connectivity index (χ1) is 5.22. The third-order valence-electron chi connectivity index (χ3n) is 1.06. The van der Waals surface area contributed by atoms with E-state index in [-0.39, 0.29) is 13.2 Å². The first kappa shape index (κ1) is 9.90. The van der Waals surface area contributed by atoms with E-state index in [2.05, 4.69) is 15.1 Å². The Hall–Kier alpha value is -1.10. The van der Waals surface area contributed by atoms with Crippen molar-refractivity contribution in [2.24, 2.45) is 10.3 Å². The summed E-state index contributed by atoms with van der Waals surface area (Å²) in [5.74, 6) is 0. The van der Waals surface area contributed by atoms with E-state index in [9.17, 15) is 0 Å². The minimum Gasteiger partial charge on any atom is -0.411 e. The van der Waals surface area contributed by atoms with Crippen LogP contribution in [0.2, 0.25) is 0 Å². The lowest BCUT2D eigenvalue weighted by atomic mass is 10.3. The SMILES string of the molecule is CC(=N\O)/C(C)=N/OCCO. The van der Waals surface area contributed by atoms with Crippen LogP contribution in [0.5, 0.6) is 0 Å². The lowest BCUT2D eigenvalue weighted by Gasteiger charge is -1.97. The minimum absolute atomic E-state index is 0.0773. The Labute approximate surface area is 65.0 Å². The van der Waals surface area contributed by atoms with Crippen molar-refractivity contribution in [3.05, 3.63) is 0 Å². The molecule has 5 nitrogen and oxygen atoms in total. The Bertz CT molecular complexity index is 165. The van der Waals surface area contributed by atoms with Crippen LogP contribution in [0.4, 0.5) is 0 Å². The average Bonchev–Trinajstić information content (AvgIpc) is 2.03. The first-order valence-electron chi connectivity index (χ1n) is 3.18. The van der Waals surface area contributed by atoms with Crippen molar-refractivity contribution in [3.8, 4) is 0 Å². The highest BCUT2D eigenvalue weighted by molar-refractivity contribution is 6.40. The maximum atomic E-state index is 8.30. The molecule has 5 heteroatoms. The monoisotopic (exact) mass is 160 g/mol. The second-order valence-corrected chi connectivity index (χ2v) is 1.92. The average molecular weight is 160 g/mol. The molecule has 0 rings (SSSR count). The fraction of sp³-hybridized carbons (Fsp3) is 0.667. The Morgan fingerprint density at radius 2 is 2.00 bits per heavy atom. The zero-order valence-electron chi connectivity index (χ0n) is 6.61. The molecule has 0 radical (unpaired) electrons. The summed E-state index contributed by atoms with van der Waals surface area (Å²) in [5, 5.41) is 23.0. The van der Waals surface area contributed by atoms with Gasteiger partial charge in [-0.05, 0) is 13.8 Å². The van der Waals surface area contributed by atoms with E-state index in [0.29, 0.717) is 11.4 Å². The van der Waals surface area contributed by atoms with Gasteiger partial charge in [-0.15, -0.1) is 0 Å². The second kappa shape index (κ2) is 5.67. The van der Waals surface area contributed by atoms with Crippen molar-refractivity contribution in [1.29, 1.82) is 0 Å². The summed E-state index contributed by atoms with van der Waals surface area (Å²) in [5.41, 5.74) is 0.879. The number of aliphatic hydroxyl groups is 1. The molecule has 0 saturated carbocycles. The Kier molecular flexibility index (Phi) is 5.10. The van der Waals surface area contributed by atoms with Crippen LogP contribution in [0.3, 0.4) is 0 Å². The molecular formula is C6H12N2O3. The minimum atomic E-state index is -0.0773. The van der Waals surface area contributed by atoms with Gasteiger partial charge in [0.15, 0.2) is 0 Å². The molecule has 64 valence electrons. The molecule has 0 aliphatic heterocycles. The molecule has 0 bridgehead atoms. The van der Waals surface area contributed by atoms with Crippen LogP contribution in [-0.4, -0.2) is 35.0 Å². The largest absolute Gasteiger partial charge is 0.411 e. The zero-order valence-corrected chi connectivity index (χ0v) is 6.61. The van der Waals surface area contributed by atoms with Crippen LogP contribution in [0.25, 0.3) is 0 Å². The fourth-order valence-corrected chi connectivity index (χ4v) is 0.322. The van der Waals surface area contributed by atoms with E-state index in [1.807, 2.05) is 0 Å². The van der Waals surface area contributed by atoms with Gasteiger partial charge in [0.2, 0.25) is 0 Å². The van der Waals surface area contributed by atoms with Crippen molar-refractivity contribution in [2.45, 2.75) is 13.8 Å². The van der Waals surface area contributed by atoms with Crippen molar-refractivity contribution in [3.63, 3.8) is 0 Å². The maximum absolute atomic E-state index is 8.30. The molecule has 0 heterocycles. The highest BCUT2D eigenvalue weighted by atomic mass is 16.6. The van der Waals surface area contributed by atoms with Crippen LogP contribution in [-0.2, 0) is 4.84 Å². The highest BCUT2D eigenvalue weighted by Crippen LogP contribution is 1.84. The van der Waals surface area contributed by atoms with Gasteiger partial charge in [0, 0.05) is 0 Å². The van der Waals surface area contributed by atoms with Gasteiger partial charge in [0.05, 0.1) is 6.61 Å². The first-order valence-corrected chi connectivity index (χ1v) is 3.18. The maximum Gasteiger partial charge on any atom is 0.140 e. The highest BCUT2D eigenvalue weighted by Gasteiger charge is 1.95. The Balaban J connectivity index is 3.81. The molecule has 0 saturated heterocycles. The van der Waals surface area contributed by atoms with Crippen molar-refractivity contribution in [2.75, 3.05) is 13.2 Å². The van der Waals surface area contributed by atoms with Crippen LogP contribution < -0.4 is 0 Å². The van der Waals surface area contributed by atoms with Gasteiger partial charge in [0.25, 0.3) is 0 Å². The molecule has 0 aromatic rings. The summed E-state index contributed by atoms with van der Waals surface area (Å²) in [7, 11) is 0. The van der Waals surface area contributed by atoms with Gasteiger partial charge in [-0.3, -0.25) is 0 Å². The third kappa shape index (κ3) is 4.32. The molecule has 0 atom stereocenters. The summed E-state index contributed by atoms with van der Waals surface area (Å²) < 4.78 is 0. The molecule has 0 amide bonds. The topological polar surface area (TPSA) is 74.4 Å². The molecule has 0 aliphatic rings. The molecule has 2 N–H and O–H groups in total. The molecule has 0 spiro atoms. The van der Waals surface area contributed by atoms with Crippen LogP contribution in [0.1, 0.15) is 13.8 Å². The van der Waals surface area contributed by atoms with E-state index in [4.69, 9.17) is 10.3 Å². The summed E-state index contributed by atoms with van der Waals surface area (Å²) in [6.07, 6.45) is 0. The zero-order chi connectivity index (χ0) is 8.69. The molecular weight excluding hydrogens is 148 g/mol. The number of hydrogen-bond donors (Lipinski definition) is 2. The van der Waals surface area contributed by atoms with Gasteiger partial charge in [-0.1, -0.05) is 10.3 Å². The number of oxime groups is 2. The number of nitrogens with zero attached hydrogens (tertiary/aromatic N) is 2. The normalized spacial score (nSPS) is 13.4. The molecule has 0 aliphatic carbocycles. The summed E-state index contributed by atoms with van der Waals surface area (Å²) in [4.78, 5) is 4.61. The summed E-state index contributed by atoms with van der Waals surface area (Å²) in [6, 6.07) is 0. The molecule has 0 fully saturated rings. The summed E-state index contributed by atoms with van der Waals surface area (Å²) >= 11 is 0. The second-order valence-electron chi connectivity index (χ2n) is 1.92. The molecule has 0 aromatic heterocycles. The van der Waals surface area contributed by atoms with E-state index >= 15 is 0 Å². The summed E-state index contributed by atoms with van der Waals surface area (Å²) in [6.45, 7) is 3.32. The van der Waals surface area contributed by atoms with Gasteiger partial charge < -0.3 is 15.2 Å². The van der Waals surface area contributed by atoms with Gasteiger partial charge in [-0.2, -0.15) is 0 Å². The molecule has 0 aromatic carbocycles. The van der Waals surface area contributed by atoms with E-state index in [1.54, 1.807) is 13.8 Å². The number of aliphatic hydroxyl groups excluding tert-OH is 1. The van der Waals surface area contributed by atoms with E-state index < -0.39 is 0 Å². The molecule has 0 unspecified atom stereocenters. The lowest BCUT2D eigenvalue weighted by molar-refractivity contribution is 0.0989. The third-order valence-corrected chi connectivity index (χ3v) is 1.06. The van der Waals surface area contributed by atoms with Crippen molar-refractivity contribution in [1.82, 2.24) is 0 Å². The fourth-order valence-electron chi connectivity index (χ4n) is 0.322. The van der Waals surface area contributed by atoms with Crippen molar-refractivity contribution >= 4 is 11.4 Å². The standard InChI is InChI=1S/C6H12N2O3/c1-5(7-10)6(2)8-11-4-3-9/h9-10H,3-4H2,1-2H3/b7-5+,8-6+. The van der Waals surface area contributed by atoms with Crippen molar-refractivity contribution < 1.29 is 15.2 Å². The van der Waals surface area contributed by atoms with Crippen LogP contribution in [0.15, 0.2) is 10.3 Å². The number of hydrogen-bond acceptors (Lipinski definition) is 5. The van der Waals surface area contributed by atoms with E-state index in [1.165, 1.54) is 0 Å². The Morgan fingerprint density at radius 1 is 1.36 bits per heavy atom. The predicted octanol–water partition coefficient (Wildman–Crippen LogP) is 0.221. The predicted molar refractivity (Wildman–Crippen MR) is 41.0 cm³/mol. The van der Waals surface area contributed by atoms with Gasteiger partial charge in [-0.25, -0.2) is 0 Å². The van der Waals surface area contributed by atoms with Gasteiger partial charge in [0.1, 0.15) is 18.0 Å². The smallest absolute Gasteiger partial charge is 0.140 e. The number of rotatable bonds is 4. The molecule has 11 heavy (non-hydrogen) atoms. The Morgan fingerprint density at radius 3 is 2.45 bits per heavy atom. The van der Waals surface area contributed by atoms with Crippen LogP contribution in [0, 0.1) is 0 Å².